The highest BCUT2D eigenvalue weighted by molar-refractivity contribution is 7.80. The Balaban J connectivity index is 1.42. The molecule has 29 heavy (non-hydrogen) atoms. The maximum absolute atomic E-state index is 13.4. The zero-order valence-corrected chi connectivity index (χ0v) is 18.3. The molecule has 1 amide bonds. The van der Waals surface area contributed by atoms with E-state index in [2.05, 4.69) is 37.9 Å². The smallest absolute Gasteiger partial charge is 0.243 e. The van der Waals surface area contributed by atoms with Crippen LogP contribution in [0.4, 0.5) is 0 Å². The first-order valence-corrected chi connectivity index (χ1v) is 11.6. The first kappa shape index (κ1) is 19.4. The largest absolute Gasteiger partial charge is 0.349 e. The molecule has 5 rings (SSSR count). The number of benzene rings is 1. The van der Waals surface area contributed by atoms with E-state index in [1.54, 1.807) is 6.08 Å². The molecule has 0 radical (unpaired) electrons. The molecule has 1 N–H and O–H groups in total. The maximum atomic E-state index is 13.4. The summed E-state index contributed by atoms with van der Waals surface area (Å²) in [6.07, 6.45) is 10.6. The summed E-state index contributed by atoms with van der Waals surface area (Å²) in [6, 6.07) is 8.00. The van der Waals surface area contributed by atoms with Gasteiger partial charge in [0.1, 0.15) is 0 Å². The highest BCUT2D eigenvalue weighted by Gasteiger charge is 2.60. The van der Waals surface area contributed by atoms with Crippen molar-refractivity contribution in [1.82, 2.24) is 5.32 Å². The molecule has 1 aromatic rings. The van der Waals surface area contributed by atoms with E-state index >= 15 is 0 Å². The van der Waals surface area contributed by atoms with Crippen LogP contribution in [0.15, 0.2) is 41.3 Å². The van der Waals surface area contributed by atoms with Crippen molar-refractivity contribution in [1.29, 1.82) is 0 Å². The fourth-order valence-corrected chi connectivity index (χ4v) is 7.74. The van der Waals surface area contributed by atoms with Crippen molar-refractivity contribution in [2.45, 2.75) is 63.3 Å². The lowest BCUT2D eigenvalue weighted by molar-refractivity contribution is -0.122. The molecular formula is C25H31NO2S. The maximum Gasteiger partial charge on any atom is 0.243 e. The van der Waals surface area contributed by atoms with E-state index in [4.69, 9.17) is 0 Å². The van der Waals surface area contributed by atoms with E-state index in [1.165, 1.54) is 6.42 Å². The van der Waals surface area contributed by atoms with Crippen molar-refractivity contribution >= 4 is 24.3 Å². The van der Waals surface area contributed by atoms with E-state index in [0.717, 1.165) is 42.6 Å². The lowest BCUT2D eigenvalue weighted by atomic mass is 9.47. The highest BCUT2D eigenvalue weighted by atomic mass is 32.1. The average Bonchev–Trinajstić information content (AvgIpc) is 3.06. The molecule has 4 aliphatic rings. The molecule has 0 saturated heterocycles. The second kappa shape index (κ2) is 6.73. The minimum absolute atomic E-state index is 0.0582. The van der Waals surface area contributed by atoms with Gasteiger partial charge in [0.05, 0.1) is 0 Å². The second-order valence-electron chi connectivity index (χ2n) is 10.3. The van der Waals surface area contributed by atoms with Gasteiger partial charge in [-0.25, -0.2) is 0 Å². The molecule has 0 bridgehead atoms. The molecular weight excluding hydrogens is 378 g/mol. The number of amides is 1. The monoisotopic (exact) mass is 409 g/mol. The van der Waals surface area contributed by atoms with Gasteiger partial charge in [-0.1, -0.05) is 32.1 Å². The summed E-state index contributed by atoms with van der Waals surface area (Å²) in [5.74, 6) is 2.40. The van der Waals surface area contributed by atoms with Crippen molar-refractivity contribution in [2.75, 3.05) is 0 Å². The molecule has 1 aliphatic heterocycles. The molecule has 3 fully saturated rings. The summed E-state index contributed by atoms with van der Waals surface area (Å²) >= 11 is 4.36. The van der Waals surface area contributed by atoms with Gasteiger partial charge in [-0.2, -0.15) is 0 Å². The van der Waals surface area contributed by atoms with Crippen LogP contribution in [0.1, 0.15) is 62.7 Å². The fourth-order valence-electron chi connectivity index (χ4n) is 7.59. The number of hydrogen-bond acceptors (Lipinski definition) is 3. The van der Waals surface area contributed by atoms with Gasteiger partial charge in [0.15, 0.2) is 5.78 Å². The van der Waals surface area contributed by atoms with Gasteiger partial charge >= 0.3 is 0 Å². The number of rotatable bonds is 2. The third-order valence-electron chi connectivity index (χ3n) is 9.15. The van der Waals surface area contributed by atoms with E-state index < -0.39 is 0 Å². The Labute approximate surface area is 179 Å². The number of carbonyl (C=O) groups excluding carboxylic acids is 2. The van der Waals surface area contributed by atoms with Gasteiger partial charge in [-0.15, -0.1) is 12.6 Å². The minimum atomic E-state index is 0.0582. The predicted molar refractivity (Wildman–Crippen MR) is 117 cm³/mol. The van der Waals surface area contributed by atoms with Crippen LogP contribution in [-0.4, -0.2) is 17.7 Å². The normalized spacial score (nSPS) is 43.1. The Morgan fingerprint density at radius 1 is 1.03 bits per heavy atom. The van der Waals surface area contributed by atoms with Gasteiger partial charge in [-0.05, 0) is 79.9 Å². The SMILES string of the molecule is C[C@]12CCC3C(CC[C@H]4NC(=O)C=C[C@]34C)C1CC[C@@H]2C(=O)c1ccc(S)cc1. The quantitative estimate of drug-likeness (QED) is 0.529. The Kier molecular flexibility index (Phi) is 4.51. The molecule has 3 saturated carbocycles. The zero-order chi connectivity index (χ0) is 20.4. The Morgan fingerprint density at radius 3 is 2.55 bits per heavy atom. The number of hydrogen-bond donors (Lipinski definition) is 2. The summed E-state index contributed by atoms with van der Waals surface area (Å²) in [5, 5.41) is 3.23. The highest BCUT2D eigenvalue weighted by Crippen LogP contribution is 2.65. The topological polar surface area (TPSA) is 46.2 Å². The minimum Gasteiger partial charge on any atom is -0.349 e. The Bertz CT molecular complexity index is 877. The summed E-state index contributed by atoms with van der Waals surface area (Å²) < 4.78 is 0. The summed E-state index contributed by atoms with van der Waals surface area (Å²) in [6.45, 7) is 4.74. The van der Waals surface area contributed by atoms with Crippen LogP contribution >= 0.6 is 12.6 Å². The first-order chi connectivity index (χ1) is 13.8. The standard InChI is InChI=1S/C25H31NO2S/c1-24-13-11-19-17(7-10-21-25(19,2)14-12-22(27)26-21)18(24)8-9-20(24)23(28)15-3-5-16(29)6-4-15/h3-6,12,14,17-21,29H,7-11,13H2,1-2H3,(H,26,27)/t17?,18?,19?,20-,21-,24+,25-/m1/s1. The first-order valence-electron chi connectivity index (χ1n) is 11.2. The summed E-state index contributed by atoms with van der Waals surface area (Å²) in [4.78, 5) is 26.2. The Hall–Kier alpha value is -1.55. The molecule has 0 spiro atoms. The van der Waals surface area contributed by atoms with Crippen molar-refractivity contribution in [3.63, 3.8) is 0 Å². The number of nitrogens with one attached hydrogen (secondary N) is 1. The van der Waals surface area contributed by atoms with Crippen LogP contribution in [0.25, 0.3) is 0 Å². The zero-order valence-electron chi connectivity index (χ0n) is 17.4. The molecule has 7 atom stereocenters. The third kappa shape index (κ3) is 2.85. The average molecular weight is 410 g/mol. The number of ketones is 1. The van der Waals surface area contributed by atoms with E-state index in [-0.39, 0.29) is 28.7 Å². The van der Waals surface area contributed by atoms with Gasteiger partial charge in [0.2, 0.25) is 5.91 Å². The van der Waals surface area contributed by atoms with Crippen LogP contribution in [0.3, 0.4) is 0 Å². The molecule has 154 valence electrons. The van der Waals surface area contributed by atoms with Crippen molar-refractivity contribution in [3.8, 4) is 0 Å². The molecule has 4 heteroatoms. The number of Topliss-reactive ketones (excluding diaryl/α,β-unsaturated/α-hetero) is 1. The van der Waals surface area contributed by atoms with E-state index in [9.17, 15) is 9.59 Å². The van der Waals surface area contributed by atoms with Crippen molar-refractivity contribution in [3.05, 3.63) is 42.0 Å². The Morgan fingerprint density at radius 2 is 1.79 bits per heavy atom. The summed E-state index contributed by atoms with van der Waals surface area (Å²) in [5.41, 5.74) is 0.996. The van der Waals surface area contributed by atoms with E-state index in [0.29, 0.717) is 23.5 Å². The van der Waals surface area contributed by atoms with Crippen molar-refractivity contribution < 1.29 is 9.59 Å². The fraction of sp³-hybridized carbons (Fsp3) is 0.600. The van der Waals surface area contributed by atoms with Crippen LogP contribution < -0.4 is 5.32 Å². The summed E-state index contributed by atoms with van der Waals surface area (Å²) in [7, 11) is 0. The number of thiol groups is 1. The van der Waals surface area contributed by atoms with Crippen LogP contribution in [0.2, 0.25) is 0 Å². The van der Waals surface area contributed by atoms with Gasteiger partial charge in [0, 0.05) is 27.8 Å². The van der Waals surface area contributed by atoms with Crippen molar-refractivity contribution in [2.24, 2.45) is 34.5 Å². The number of fused-ring (bicyclic) bond motifs is 5. The number of carbonyl (C=O) groups is 2. The molecule has 1 heterocycles. The third-order valence-corrected chi connectivity index (χ3v) is 9.45. The molecule has 1 aromatic carbocycles. The second-order valence-corrected chi connectivity index (χ2v) is 10.8. The predicted octanol–water partition coefficient (Wildman–Crippen LogP) is 5.07. The molecule has 0 aromatic heterocycles. The van der Waals surface area contributed by atoms with Gasteiger partial charge < -0.3 is 5.32 Å². The molecule has 3 aliphatic carbocycles. The van der Waals surface area contributed by atoms with Crippen LogP contribution in [0.5, 0.6) is 0 Å². The van der Waals surface area contributed by atoms with Gasteiger partial charge in [0.25, 0.3) is 0 Å². The van der Waals surface area contributed by atoms with Crippen LogP contribution in [-0.2, 0) is 4.79 Å². The molecule has 3 unspecified atom stereocenters. The lowest BCUT2D eigenvalue weighted by Crippen LogP contribution is -2.59. The van der Waals surface area contributed by atoms with E-state index in [1.807, 2.05) is 24.3 Å². The van der Waals surface area contributed by atoms with Crippen LogP contribution in [0, 0.1) is 34.5 Å². The van der Waals surface area contributed by atoms with Gasteiger partial charge in [-0.3, -0.25) is 9.59 Å². The molecule has 3 nitrogen and oxygen atoms in total. The lowest BCUT2D eigenvalue weighted by Gasteiger charge is -2.58.